The van der Waals surface area contributed by atoms with E-state index in [2.05, 4.69) is 22.9 Å². The fourth-order valence-corrected chi connectivity index (χ4v) is 4.92. The van der Waals surface area contributed by atoms with Crippen molar-refractivity contribution in [2.24, 2.45) is 5.14 Å². The fraction of sp³-hybridized carbons (Fsp3) is 0.167. The molecule has 3 aromatic carbocycles. The smallest absolute Gasteiger partial charge is 0.338 e. The van der Waals surface area contributed by atoms with Crippen molar-refractivity contribution < 1.29 is 22.7 Å². The van der Waals surface area contributed by atoms with Gasteiger partial charge in [-0.2, -0.15) is 0 Å². The number of sulfonamides is 1. The van der Waals surface area contributed by atoms with Gasteiger partial charge in [-0.25, -0.2) is 18.4 Å². The third-order valence-electron chi connectivity index (χ3n) is 5.48. The van der Waals surface area contributed by atoms with Crippen LogP contribution in [0.3, 0.4) is 0 Å². The van der Waals surface area contributed by atoms with Gasteiger partial charge in [0.1, 0.15) is 4.90 Å². The lowest BCUT2D eigenvalue weighted by Gasteiger charge is -2.14. The standard InChI is InChI=1S/C24H22ClN3O5S/c1-3-28-20-7-5-4-6-17(20)18-13-16(9-11-21(18)28)27-23(29)14(2)33-24(30)15-8-10-19(25)22(12-15)34(26,31)32/h4-14H,3H2,1-2H3,(H,27,29)(H2,26,31,32). The number of carbonyl (C=O) groups is 2. The van der Waals surface area contributed by atoms with Crippen LogP contribution < -0.4 is 10.5 Å². The summed E-state index contributed by atoms with van der Waals surface area (Å²) < 4.78 is 30.7. The highest BCUT2D eigenvalue weighted by Gasteiger charge is 2.22. The molecule has 0 spiro atoms. The van der Waals surface area contributed by atoms with Crippen LogP contribution in [0.15, 0.2) is 65.6 Å². The number of benzene rings is 3. The Hall–Kier alpha value is -3.40. The Balaban J connectivity index is 1.53. The van der Waals surface area contributed by atoms with E-state index in [-0.39, 0.29) is 10.6 Å². The molecule has 176 valence electrons. The van der Waals surface area contributed by atoms with Crippen molar-refractivity contribution in [3.8, 4) is 0 Å². The highest BCUT2D eigenvalue weighted by molar-refractivity contribution is 7.89. The first-order valence-corrected chi connectivity index (χ1v) is 12.4. The van der Waals surface area contributed by atoms with Crippen molar-refractivity contribution in [2.75, 3.05) is 5.32 Å². The van der Waals surface area contributed by atoms with Gasteiger partial charge in [0.2, 0.25) is 10.0 Å². The molecule has 4 rings (SSSR count). The molecule has 1 heterocycles. The molecule has 0 aliphatic carbocycles. The molecular weight excluding hydrogens is 478 g/mol. The van der Waals surface area contributed by atoms with Crippen molar-refractivity contribution >= 4 is 61.0 Å². The molecule has 0 saturated carbocycles. The largest absolute Gasteiger partial charge is 0.449 e. The number of fused-ring (bicyclic) bond motifs is 3. The summed E-state index contributed by atoms with van der Waals surface area (Å²) in [5.74, 6) is -1.42. The second kappa shape index (κ2) is 9.09. The maximum absolute atomic E-state index is 12.7. The lowest BCUT2D eigenvalue weighted by Crippen LogP contribution is -2.30. The average molecular weight is 500 g/mol. The average Bonchev–Trinajstić information content (AvgIpc) is 3.11. The Kier molecular flexibility index (Phi) is 6.35. The van der Waals surface area contributed by atoms with Crippen molar-refractivity contribution in [3.05, 3.63) is 71.2 Å². The summed E-state index contributed by atoms with van der Waals surface area (Å²) in [7, 11) is -4.13. The molecule has 1 unspecified atom stereocenters. The highest BCUT2D eigenvalue weighted by Crippen LogP contribution is 2.31. The normalized spacial score (nSPS) is 12.6. The summed E-state index contributed by atoms with van der Waals surface area (Å²) in [6.07, 6.45) is -1.14. The number of nitrogens with zero attached hydrogens (tertiary/aromatic N) is 1. The fourth-order valence-electron chi connectivity index (χ4n) is 3.85. The first-order chi connectivity index (χ1) is 16.1. The maximum Gasteiger partial charge on any atom is 0.338 e. The Morgan fingerprint density at radius 2 is 1.76 bits per heavy atom. The third-order valence-corrected chi connectivity index (χ3v) is 6.88. The van der Waals surface area contributed by atoms with Gasteiger partial charge in [0.15, 0.2) is 6.10 Å². The molecule has 34 heavy (non-hydrogen) atoms. The number of primary sulfonamides is 1. The lowest BCUT2D eigenvalue weighted by atomic mass is 10.1. The molecule has 8 nitrogen and oxygen atoms in total. The zero-order chi connectivity index (χ0) is 24.6. The van der Waals surface area contributed by atoms with Gasteiger partial charge in [0, 0.05) is 34.0 Å². The summed E-state index contributed by atoms with van der Waals surface area (Å²) >= 11 is 5.84. The number of aryl methyl sites for hydroxylation is 1. The molecule has 0 fully saturated rings. The number of ether oxygens (including phenoxy) is 1. The first kappa shape index (κ1) is 23.7. The van der Waals surface area contributed by atoms with Gasteiger partial charge >= 0.3 is 5.97 Å². The Morgan fingerprint density at radius 1 is 1.06 bits per heavy atom. The zero-order valence-electron chi connectivity index (χ0n) is 18.4. The Morgan fingerprint density at radius 3 is 2.47 bits per heavy atom. The number of halogens is 1. The Bertz CT molecular complexity index is 1550. The van der Waals surface area contributed by atoms with Gasteiger partial charge in [0.05, 0.1) is 10.6 Å². The number of hydrogen-bond acceptors (Lipinski definition) is 5. The number of anilines is 1. The van der Waals surface area contributed by atoms with Crippen molar-refractivity contribution in [3.63, 3.8) is 0 Å². The van der Waals surface area contributed by atoms with Crippen LogP contribution in [0.5, 0.6) is 0 Å². The first-order valence-electron chi connectivity index (χ1n) is 10.5. The van der Waals surface area contributed by atoms with E-state index in [4.69, 9.17) is 21.5 Å². The number of nitrogens with two attached hydrogens (primary N) is 1. The quantitative estimate of drug-likeness (QED) is 0.383. The van der Waals surface area contributed by atoms with E-state index in [9.17, 15) is 18.0 Å². The summed E-state index contributed by atoms with van der Waals surface area (Å²) in [6, 6.07) is 17.2. The summed E-state index contributed by atoms with van der Waals surface area (Å²) in [4.78, 5) is 24.8. The second-order valence-electron chi connectivity index (χ2n) is 7.72. The molecule has 0 bridgehead atoms. The SMILES string of the molecule is CCn1c2ccccc2c2cc(NC(=O)C(C)OC(=O)c3ccc(Cl)c(S(N)(=O)=O)c3)ccc21. The predicted octanol–water partition coefficient (Wildman–Crippen LogP) is 4.30. The summed E-state index contributed by atoms with van der Waals surface area (Å²) in [5.41, 5.74) is 2.62. The number of esters is 1. The number of carbonyl (C=O) groups excluding carboxylic acids is 2. The van der Waals surface area contributed by atoms with Crippen LogP contribution in [-0.2, 0) is 26.1 Å². The molecule has 1 amide bonds. The van der Waals surface area contributed by atoms with Crippen LogP contribution in [0.4, 0.5) is 5.69 Å². The van der Waals surface area contributed by atoms with E-state index in [1.807, 2.05) is 30.3 Å². The van der Waals surface area contributed by atoms with Gasteiger partial charge < -0.3 is 14.6 Å². The Labute approximate surface area is 201 Å². The monoisotopic (exact) mass is 499 g/mol. The number of nitrogens with one attached hydrogen (secondary N) is 1. The van der Waals surface area contributed by atoms with Gasteiger partial charge in [-0.1, -0.05) is 29.8 Å². The summed E-state index contributed by atoms with van der Waals surface area (Å²) in [6.45, 7) is 4.30. The van der Waals surface area contributed by atoms with E-state index in [1.54, 1.807) is 6.07 Å². The zero-order valence-corrected chi connectivity index (χ0v) is 20.0. The molecular formula is C24H22ClN3O5S. The molecule has 1 atom stereocenters. The molecule has 0 aliphatic rings. The van der Waals surface area contributed by atoms with Crippen molar-refractivity contribution in [1.29, 1.82) is 0 Å². The molecule has 0 aliphatic heterocycles. The number of amides is 1. The predicted molar refractivity (Wildman–Crippen MR) is 131 cm³/mol. The van der Waals surface area contributed by atoms with Gasteiger partial charge in [-0.3, -0.25) is 4.79 Å². The van der Waals surface area contributed by atoms with Crippen LogP contribution in [0.1, 0.15) is 24.2 Å². The van der Waals surface area contributed by atoms with E-state index >= 15 is 0 Å². The minimum Gasteiger partial charge on any atom is -0.449 e. The number of hydrogen-bond donors (Lipinski definition) is 2. The van der Waals surface area contributed by atoms with Crippen LogP contribution in [0.25, 0.3) is 21.8 Å². The third kappa shape index (κ3) is 4.50. The van der Waals surface area contributed by atoms with Crippen LogP contribution in [0.2, 0.25) is 5.02 Å². The van der Waals surface area contributed by atoms with E-state index in [0.29, 0.717) is 5.69 Å². The van der Waals surface area contributed by atoms with Crippen molar-refractivity contribution in [2.45, 2.75) is 31.4 Å². The number of rotatable bonds is 6. The van der Waals surface area contributed by atoms with E-state index in [0.717, 1.165) is 34.4 Å². The molecule has 10 heteroatoms. The maximum atomic E-state index is 12.7. The van der Waals surface area contributed by atoms with Crippen LogP contribution in [0, 0.1) is 0 Å². The van der Waals surface area contributed by atoms with E-state index < -0.39 is 32.9 Å². The van der Waals surface area contributed by atoms with Gasteiger partial charge in [-0.15, -0.1) is 0 Å². The minimum atomic E-state index is -4.13. The van der Waals surface area contributed by atoms with E-state index in [1.165, 1.54) is 19.1 Å². The number of aromatic nitrogens is 1. The van der Waals surface area contributed by atoms with Gasteiger partial charge in [-0.05, 0) is 56.3 Å². The molecule has 3 N–H and O–H groups in total. The highest BCUT2D eigenvalue weighted by atomic mass is 35.5. The molecule has 4 aromatic rings. The molecule has 1 aromatic heterocycles. The topological polar surface area (TPSA) is 120 Å². The number of para-hydroxylation sites is 1. The second-order valence-corrected chi connectivity index (χ2v) is 9.66. The molecule has 0 saturated heterocycles. The van der Waals surface area contributed by atoms with Crippen LogP contribution >= 0.6 is 11.6 Å². The van der Waals surface area contributed by atoms with Crippen LogP contribution in [-0.4, -0.2) is 31.0 Å². The summed E-state index contributed by atoms with van der Waals surface area (Å²) in [5, 5.41) is 9.83. The van der Waals surface area contributed by atoms with Crippen molar-refractivity contribution in [1.82, 2.24) is 4.57 Å². The minimum absolute atomic E-state index is 0.0955. The lowest BCUT2D eigenvalue weighted by molar-refractivity contribution is -0.123. The molecule has 0 radical (unpaired) electrons. The van der Waals surface area contributed by atoms with Gasteiger partial charge in [0.25, 0.3) is 5.91 Å².